The predicted octanol–water partition coefficient (Wildman–Crippen LogP) is 2.08. The minimum Gasteiger partial charge on any atom is -0.326 e. The minimum absolute atomic E-state index is 0.0507. The van der Waals surface area contributed by atoms with Crippen molar-refractivity contribution in [3.63, 3.8) is 0 Å². The molecule has 1 aliphatic rings. The van der Waals surface area contributed by atoms with E-state index < -0.39 is 10.0 Å². The number of rotatable bonds is 3. The summed E-state index contributed by atoms with van der Waals surface area (Å²) in [6.07, 6.45) is 2.45. The van der Waals surface area contributed by atoms with Crippen LogP contribution >= 0.6 is 0 Å². The topological polar surface area (TPSA) is 88.2 Å². The highest BCUT2D eigenvalue weighted by Gasteiger charge is 2.20. The summed E-state index contributed by atoms with van der Waals surface area (Å²) in [5, 5.41) is 2.73. The molecule has 7 heteroatoms. The number of aryl methyl sites for hydroxylation is 2. The van der Waals surface area contributed by atoms with Gasteiger partial charge in [0.1, 0.15) is 5.82 Å². The van der Waals surface area contributed by atoms with E-state index in [4.69, 9.17) is 0 Å². The van der Waals surface area contributed by atoms with Crippen LogP contribution in [0.4, 0.5) is 11.5 Å². The summed E-state index contributed by atoms with van der Waals surface area (Å²) in [7, 11) is -3.70. The summed E-state index contributed by atoms with van der Waals surface area (Å²) in [4.78, 5) is 15.5. The van der Waals surface area contributed by atoms with E-state index in [1.54, 1.807) is 30.5 Å². The standard InChI is InChI=1S/C15H15N3O3S/c1-10-6-7-16-14(8-10)18-22(20,21)12-3-4-13-11(9-12)2-5-15(19)17-13/h3-4,6-9H,2,5H2,1H3,(H,16,18)(H,17,19). The largest absolute Gasteiger partial charge is 0.326 e. The molecule has 0 unspecified atom stereocenters. The lowest BCUT2D eigenvalue weighted by atomic mass is 10.0. The smallest absolute Gasteiger partial charge is 0.263 e. The molecular weight excluding hydrogens is 302 g/mol. The fraction of sp³-hybridized carbons (Fsp3) is 0.200. The molecular formula is C15H15N3O3S. The summed E-state index contributed by atoms with van der Waals surface area (Å²) in [5.41, 5.74) is 2.41. The van der Waals surface area contributed by atoms with Crippen molar-refractivity contribution < 1.29 is 13.2 Å². The molecule has 3 rings (SSSR count). The number of hydrogen-bond donors (Lipinski definition) is 2. The van der Waals surface area contributed by atoms with E-state index in [1.165, 1.54) is 6.07 Å². The second kappa shape index (κ2) is 5.42. The van der Waals surface area contributed by atoms with Crippen molar-refractivity contribution in [3.05, 3.63) is 47.7 Å². The van der Waals surface area contributed by atoms with Gasteiger partial charge in [0.15, 0.2) is 0 Å². The zero-order valence-corrected chi connectivity index (χ0v) is 12.8. The van der Waals surface area contributed by atoms with Crippen molar-refractivity contribution in [2.24, 2.45) is 0 Å². The highest BCUT2D eigenvalue weighted by molar-refractivity contribution is 7.92. The van der Waals surface area contributed by atoms with E-state index in [-0.39, 0.29) is 16.6 Å². The fourth-order valence-electron chi connectivity index (χ4n) is 2.32. The lowest BCUT2D eigenvalue weighted by molar-refractivity contribution is -0.116. The van der Waals surface area contributed by atoms with E-state index in [9.17, 15) is 13.2 Å². The Morgan fingerprint density at radius 1 is 1.18 bits per heavy atom. The zero-order valence-electron chi connectivity index (χ0n) is 12.0. The third-order valence-electron chi connectivity index (χ3n) is 3.44. The number of sulfonamides is 1. The molecule has 0 aliphatic carbocycles. The number of benzene rings is 1. The van der Waals surface area contributed by atoms with E-state index in [2.05, 4.69) is 15.0 Å². The number of hydrogen-bond acceptors (Lipinski definition) is 4. The highest BCUT2D eigenvalue weighted by atomic mass is 32.2. The number of carbonyl (C=O) groups excluding carboxylic acids is 1. The number of nitrogens with one attached hydrogen (secondary N) is 2. The molecule has 2 aromatic rings. The molecule has 0 saturated carbocycles. The van der Waals surface area contributed by atoms with Crippen LogP contribution in [0.3, 0.4) is 0 Å². The van der Waals surface area contributed by atoms with E-state index in [0.717, 1.165) is 11.1 Å². The van der Waals surface area contributed by atoms with Crippen molar-refractivity contribution in [2.45, 2.75) is 24.7 Å². The summed E-state index contributed by atoms with van der Waals surface area (Å²) in [6, 6.07) is 8.13. The van der Waals surface area contributed by atoms with Gasteiger partial charge in [-0.25, -0.2) is 13.4 Å². The van der Waals surface area contributed by atoms with Crippen LogP contribution in [0, 0.1) is 6.92 Å². The molecule has 2 N–H and O–H groups in total. The maximum absolute atomic E-state index is 12.4. The lowest BCUT2D eigenvalue weighted by Gasteiger charge is -2.17. The second-order valence-electron chi connectivity index (χ2n) is 5.19. The summed E-state index contributed by atoms with van der Waals surface area (Å²) >= 11 is 0. The molecule has 114 valence electrons. The lowest BCUT2D eigenvalue weighted by Crippen LogP contribution is -2.20. The molecule has 1 aromatic heterocycles. The maximum atomic E-state index is 12.4. The molecule has 6 nitrogen and oxygen atoms in total. The SMILES string of the molecule is Cc1ccnc(NS(=O)(=O)c2ccc3c(c2)CCC(=O)N3)c1. The molecule has 1 aromatic carbocycles. The van der Waals surface area contributed by atoms with Crippen LogP contribution in [-0.4, -0.2) is 19.3 Å². The van der Waals surface area contributed by atoms with Crippen molar-refractivity contribution in [3.8, 4) is 0 Å². The van der Waals surface area contributed by atoms with Gasteiger partial charge in [-0.05, 0) is 54.8 Å². The summed E-state index contributed by atoms with van der Waals surface area (Å²) in [5.74, 6) is 0.233. The Kier molecular flexibility index (Phi) is 3.58. The van der Waals surface area contributed by atoms with E-state index in [1.807, 2.05) is 6.92 Å². The predicted molar refractivity (Wildman–Crippen MR) is 83.2 cm³/mol. The summed E-state index contributed by atoms with van der Waals surface area (Å²) < 4.78 is 27.3. The minimum atomic E-state index is -3.70. The molecule has 0 saturated heterocycles. The first-order chi connectivity index (χ1) is 10.4. The van der Waals surface area contributed by atoms with Crippen LogP contribution in [0.2, 0.25) is 0 Å². The van der Waals surface area contributed by atoms with Gasteiger partial charge in [0.05, 0.1) is 4.90 Å². The van der Waals surface area contributed by atoms with Crippen molar-refractivity contribution in [2.75, 3.05) is 10.0 Å². The van der Waals surface area contributed by atoms with Gasteiger partial charge in [-0.2, -0.15) is 0 Å². The van der Waals surface area contributed by atoms with Crippen LogP contribution in [0.5, 0.6) is 0 Å². The van der Waals surface area contributed by atoms with Crippen molar-refractivity contribution in [1.29, 1.82) is 0 Å². The Labute approximate surface area is 128 Å². The van der Waals surface area contributed by atoms with E-state index in [0.29, 0.717) is 18.5 Å². The van der Waals surface area contributed by atoms with Gasteiger partial charge in [0.25, 0.3) is 10.0 Å². The Morgan fingerprint density at radius 2 is 2.00 bits per heavy atom. The van der Waals surface area contributed by atoms with Crippen molar-refractivity contribution in [1.82, 2.24) is 4.98 Å². The molecule has 0 radical (unpaired) electrons. The highest BCUT2D eigenvalue weighted by Crippen LogP contribution is 2.26. The van der Waals surface area contributed by atoms with Gasteiger partial charge < -0.3 is 5.32 Å². The van der Waals surface area contributed by atoms with Gasteiger partial charge in [-0.1, -0.05) is 0 Å². The monoisotopic (exact) mass is 317 g/mol. The fourth-order valence-corrected chi connectivity index (χ4v) is 3.36. The molecule has 0 fully saturated rings. The quantitative estimate of drug-likeness (QED) is 0.907. The van der Waals surface area contributed by atoms with Crippen LogP contribution in [-0.2, 0) is 21.2 Å². The average molecular weight is 317 g/mol. The van der Waals surface area contributed by atoms with Crippen molar-refractivity contribution >= 4 is 27.4 Å². The molecule has 0 spiro atoms. The van der Waals surface area contributed by atoms with Gasteiger partial charge in [0.2, 0.25) is 5.91 Å². The first-order valence-electron chi connectivity index (χ1n) is 6.82. The van der Waals surface area contributed by atoms with Gasteiger partial charge in [-0.15, -0.1) is 0 Å². The van der Waals surface area contributed by atoms with Crippen LogP contribution < -0.4 is 10.0 Å². The molecule has 1 aliphatic heterocycles. The summed E-state index contributed by atoms with van der Waals surface area (Å²) in [6.45, 7) is 1.86. The number of pyridine rings is 1. The number of fused-ring (bicyclic) bond motifs is 1. The van der Waals surface area contributed by atoms with Crippen LogP contribution in [0.1, 0.15) is 17.5 Å². The van der Waals surface area contributed by atoms with Crippen LogP contribution in [0.25, 0.3) is 0 Å². The maximum Gasteiger partial charge on any atom is 0.263 e. The Hall–Kier alpha value is -2.41. The Morgan fingerprint density at radius 3 is 2.77 bits per heavy atom. The van der Waals surface area contributed by atoms with Crippen LogP contribution in [0.15, 0.2) is 41.4 Å². The molecule has 2 heterocycles. The number of nitrogens with zero attached hydrogens (tertiary/aromatic N) is 1. The third-order valence-corrected chi connectivity index (χ3v) is 4.79. The number of aromatic nitrogens is 1. The number of amides is 1. The first-order valence-corrected chi connectivity index (χ1v) is 8.31. The third kappa shape index (κ3) is 2.94. The molecule has 1 amide bonds. The molecule has 22 heavy (non-hydrogen) atoms. The number of anilines is 2. The zero-order chi connectivity index (χ0) is 15.7. The van der Waals surface area contributed by atoms with Gasteiger partial charge >= 0.3 is 0 Å². The Bertz CT molecular complexity index is 847. The van der Waals surface area contributed by atoms with Gasteiger partial charge in [-0.3, -0.25) is 9.52 Å². The Balaban J connectivity index is 1.91. The first kappa shape index (κ1) is 14.5. The van der Waals surface area contributed by atoms with E-state index >= 15 is 0 Å². The number of carbonyl (C=O) groups is 1. The average Bonchev–Trinajstić information content (AvgIpc) is 2.46. The molecule has 0 atom stereocenters. The normalized spacial score (nSPS) is 14.1. The van der Waals surface area contributed by atoms with Gasteiger partial charge in [0, 0.05) is 18.3 Å². The molecule has 0 bridgehead atoms. The second-order valence-corrected chi connectivity index (χ2v) is 6.87.